The SMILES string of the molecule is CNC(=O)O[C@@H]1CN[C@H](C#Cc2cc3ncnc(Nc4ccc(OCc5cccc(F)c5)c(Cl)c4)c3s2)C1. The number of halogens is 2. The molecule has 1 saturated heterocycles. The van der Waals surface area contributed by atoms with Crippen molar-refractivity contribution in [1.29, 1.82) is 0 Å². The summed E-state index contributed by atoms with van der Waals surface area (Å²) in [4.78, 5) is 21.0. The minimum Gasteiger partial charge on any atom is -0.487 e. The summed E-state index contributed by atoms with van der Waals surface area (Å²) in [7, 11) is 1.53. The number of hydrogen-bond donors (Lipinski definition) is 3. The maximum Gasteiger partial charge on any atom is 0.407 e. The van der Waals surface area contributed by atoms with Gasteiger partial charge in [-0.1, -0.05) is 35.6 Å². The molecule has 1 amide bonds. The largest absolute Gasteiger partial charge is 0.487 e. The molecule has 1 aliphatic heterocycles. The van der Waals surface area contributed by atoms with Gasteiger partial charge in [-0.2, -0.15) is 0 Å². The molecular formula is C27H23ClFN5O3S. The number of hydrogen-bond acceptors (Lipinski definition) is 8. The van der Waals surface area contributed by atoms with Gasteiger partial charge in [0.2, 0.25) is 0 Å². The molecule has 0 radical (unpaired) electrons. The van der Waals surface area contributed by atoms with Crippen molar-refractivity contribution in [1.82, 2.24) is 20.6 Å². The number of fused-ring (bicyclic) bond motifs is 1. The van der Waals surface area contributed by atoms with Gasteiger partial charge in [0.05, 0.1) is 26.2 Å². The minimum absolute atomic E-state index is 0.0673. The fraction of sp³-hybridized carbons (Fsp3) is 0.222. The van der Waals surface area contributed by atoms with Crippen molar-refractivity contribution in [2.24, 2.45) is 0 Å². The molecule has 8 nitrogen and oxygen atoms in total. The van der Waals surface area contributed by atoms with E-state index in [1.807, 2.05) is 12.1 Å². The summed E-state index contributed by atoms with van der Waals surface area (Å²) < 4.78 is 25.3. The van der Waals surface area contributed by atoms with Crippen LogP contribution in [-0.4, -0.2) is 41.8 Å². The van der Waals surface area contributed by atoms with Crippen molar-refractivity contribution in [3.05, 3.63) is 76.1 Å². The normalized spacial score (nSPS) is 16.5. The summed E-state index contributed by atoms with van der Waals surface area (Å²) in [6.07, 6.45) is 1.47. The summed E-state index contributed by atoms with van der Waals surface area (Å²) in [6.45, 7) is 0.768. The van der Waals surface area contributed by atoms with E-state index in [9.17, 15) is 9.18 Å². The zero-order valence-electron chi connectivity index (χ0n) is 20.3. The van der Waals surface area contributed by atoms with Crippen LogP contribution in [0, 0.1) is 17.7 Å². The van der Waals surface area contributed by atoms with E-state index in [4.69, 9.17) is 21.1 Å². The standard InChI is InChI=1S/C27H23ClFN5O3S/c1-30-27(35)37-20-10-18(31-13-20)5-7-21-12-23-25(38-21)26(33-15-32-23)34-19-6-8-24(22(28)11-19)36-14-16-3-2-4-17(29)9-16/h2-4,6,8-9,11-12,15,18,20,31H,10,13-14H2,1H3,(H,30,35)(H,32,33,34)/t18-,20+/m1/s1. The molecule has 1 aliphatic rings. The number of amides is 1. The first-order valence-electron chi connectivity index (χ1n) is 11.8. The van der Waals surface area contributed by atoms with Crippen LogP contribution in [0.4, 0.5) is 20.7 Å². The van der Waals surface area contributed by atoms with Crippen molar-refractivity contribution in [2.45, 2.75) is 25.2 Å². The van der Waals surface area contributed by atoms with Gasteiger partial charge in [0, 0.05) is 25.7 Å². The number of carbonyl (C=O) groups is 1. The van der Waals surface area contributed by atoms with Gasteiger partial charge in [-0.25, -0.2) is 19.2 Å². The number of nitrogens with zero attached hydrogens (tertiary/aromatic N) is 2. The second-order valence-electron chi connectivity index (χ2n) is 8.48. The van der Waals surface area contributed by atoms with Crippen LogP contribution in [0.5, 0.6) is 5.75 Å². The zero-order valence-corrected chi connectivity index (χ0v) is 21.8. The Morgan fingerprint density at radius 1 is 1.26 bits per heavy atom. The molecule has 1 fully saturated rings. The summed E-state index contributed by atoms with van der Waals surface area (Å²) in [5, 5.41) is 9.42. The lowest BCUT2D eigenvalue weighted by Gasteiger charge is -2.11. The maximum atomic E-state index is 13.4. The van der Waals surface area contributed by atoms with E-state index in [0.717, 1.165) is 20.8 Å². The van der Waals surface area contributed by atoms with Gasteiger partial charge in [0.1, 0.15) is 30.6 Å². The fourth-order valence-electron chi connectivity index (χ4n) is 3.90. The Morgan fingerprint density at radius 2 is 2.16 bits per heavy atom. The predicted octanol–water partition coefficient (Wildman–Crippen LogP) is 5.24. The Hall–Kier alpha value is -3.91. The monoisotopic (exact) mass is 551 g/mol. The molecule has 2 aromatic heterocycles. The van der Waals surface area contributed by atoms with Crippen molar-refractivity contribution >= 4 is 50.8 Å². The van der Waals surface area contributed by atoms with Gasteiger partial charge in [0.25, 0.3) is 0 Å². The minimum atomic E-state index is -0.444. The highest BCUT2D eigenvalue weighted by Gasteiger charge is 2.25. The van der Waals surface area contributed by atoms with Crippen molar-refractivity contribution < 1.29 is 18.7 Å². The Morgan fingerprint density at radius 3 is 2.97 bits per heavy atom. The topological polar surface area (TPSA) is 97.4 Å². The lowest BCUT2D eigenvalue weighted by Crippen LogP contribution is -2.27. The highest BCUT2D eigenvalue weighted by atomic mass is 35.5. The van der Waals surface area contributed by atoms with Crippen LogP contribution < -0.4 is 20.7 Å². The first kappa shape index (κ1) is 25.7. The Labute approximate surface area is 227 Å². The van der Waals surface area contributed by atoms with Crippen LogP contribution in [0.25, 0.3) is 10.2 Å². The van der Waals surface area contributed by atoms with Crippen LogP contribution in [0.1, 0.15) is 16.9 Å². The summed E-state index contributed by atoms with van der Waals surface area (Å²) in [5.41, 5.74) is 2.22. The number of rotatable bonds is 6. The number of carbonyl (C=O) groups excluding carboxylic acids is 1. The summed E-state index contributed by atoms with van der Waals surface area (Å²) in [5.74, 6) is 7.22. The lowest BCUT2D eigenvalue weighted by molar-refractivity contribution is 0.109. The molecule has 0 spiro atoms. The Kier molecular flexibility index (Phi) is 7.89. The molecule has 0 unspecified atom stereocenters. The second kappa shape index (κ2) is 11.6. The van der Waals surface area contributed by atoms with E-state index in [1.54, 1.807) is 24.3 Å². The van der Waals surface area contributed by atoms with Crippen LogP contribution in [0.15, 0.2) is 54.9 Å². The quantitative estimate of drug-likeness (QED) is 0.282. The van der Waals surface area contributed by atoms with Crippen molar-refractivity contribution in [3.8, 4) is 17.6 Å². The molecule has 0 aliphatic carbocycles. The Bertz CT molecular complexity index is 1540. The molecule has 4 aromatic rings. The third kappa shape index (κ3) is 6.31. The molecule has 0 bridgehead atoms. The van der Waals surface area contributed by atoms with Gasteiger partial charge in [0.15, 0.2) is 5.82 Å². The average Bonchev–Trinajstić information content (AvgIpc) is 3.54. The second-order valence-corrected chi connectivity index (χ2v) is 9.94. The van der Waals surface area contributed by atoms with E-state index in [0.29, 0.717) is 35.1 Å². The number of benzene rings is 2. The third-order valence-electron chi connectivity index (χ3n) is 5.73. The molecule has 0 saturated carbocycles. The zero-order chi connectivity index (χ0) is 26.5. The third-order valence-corrected chi connectivity index (χ3v) is 7.07. The van der Waals surface area contributed by atoms with Gasteiger partial charge in [-0.3, -0.25) is 5.32 Å². The first-order chi connectivity index (χ1) is 18.5. The van der Waals surface area contributed by atoms with Crippen LogP contribution >= 0.6 is 22.9 Å². The Balaban J connectivity index is 1.25. The highest BCUT2D eigenvalue weighted by Crippen LogP contribution is 2.33. The fourth-order valence-corrected chi connectivity index (χ4v) is 5.05. The number of ether oxygens (including phenoxy) is 2. The molecular weight excluding hydrogens is 529 g/mol. The molecule has 11 heteroatoms. The number of anilines is 2. The number of thiophene rings is 1. The smallest absolute Gasteiger partial charge is 0.407 e. The van der Waals surface area contributed by atoms with Gasteiger partial charge < -0.3 is 20.1 Å². The molecule has 2 atom stereocenters. The highest BCUT2D eigenvalue weighted by molar-refractivity contribution is 7.20. The van der Waals surface area contributed by atoms with Crippen LogP contribution in [-0.2, 0) is 11.3 Å². The number of nitrogens with one attached hydrogen (secondary N) is 3. The van der Waals surface area contributed by atoms with E-state index in [-0.39, 0.29) is 24.6 Å². The number of alkyl carbamates (subject to hydrolysis) is 1. The van der Waals surface area contributed by atoms with Crippen LogP contribution in [0.2, 0.25) is 5.02 Å². The molecule has 2 aromatic carbocycles. The molecule has 38 heavy (non-hydrogen) atoms. The van der Waals surface area contributed by atoms with Gasteiger partial charge >= 0.3 is 6.09 Å². The van der Waals surface area contributed by atoms with Crippen molar-refractivity contribution in [3.63, 3.8) is 0 Å². The lowest BCUT2D eigenvalue weighted by atomic mass is 10.2. The molecule has 3 N–H and O–H groups in total. The summed E-state index contributed by atoms with van der Waals surface area (Å²) >= 11 is 7.92. The van der Waals surface area contributed by atoms with E-state index >= 15 is 0 Å². The molecule has 5 rings (SSSR count). The number of aromatic nitrogens is 2. The average molecular weight is 552 g/mol. The molecule has 194 valence electrons. The van der Waals surface area contributed by atoms with E-state index < -0.39 is 6.09 Å². The van der Waals surface area contributed by atoms with Gasteiger partial charge in [-0.15, -0.1) is 11.3 Å². The first-order valence-corrected chi connectivity index (χ1v) is 13.0. The van der Waals surface area contributed by atoms with Crippen LogP contribution in [0.3, 0.4) is 0 Å². The predicted molar refractivity (Wildman–Crippen MR) is 145 cm³/mol. The molecule has 3 heterocycles. The van der Waals surface area contributed by atoms with Crippen molar-refractivity contribution in [2.75, 3.05) is 18.9 Å². The van der Waals surface area contributed by atoms with Gasteiger partial charge in [-0.05, 0) is 42.0 Å². The maximum absolute atomic E-state index is 13.4. The van der Waals surface area contributed by atoms with E-state index in [2.05, 4.69) is 37.8 Å². The van der Waals surface area contributed by atoms with E-state index in [1.165, 1.54) is 36.8 Å². The summed E-state index contributed by atoms with van der Waals surface area (Å²) in [6, 6.07) is 13.4.